The lowest BCUT2D eigenvalue weighted by atomic mass is 10.1. The average Bonchev–Trinajstić information content (AvgIpc) is 3.31. The van der Waals surface area contributed by atoms with Crippen molar-refractivity contribution >= 4 is 28.5 Å². The standard InChI is InChI=1S/C26H28N4O4S/c1-16(2)25-29-30-26(35-25)28-24(31)20(15-27)13-19-7-9-22(23(14-19)32-5)34-11-10-33-21-8-6-17(3)18(4)12-21/h6-9,12-14,16H,10-11H2,1-5H3,(H,28,30,31)/b20-13-. The van der Waals surface area contributed by atoms with Crippen LogP contribution in [0.15, 0.2) is 42.0 Å². The summed E-state index contributed by atoms with van der Waals surface area (Å²) in [7, 11) is 1.53. The molecule has 3 aromatic rings. The van der Waals surface area contributed by atoms with Gasteiger partial charge in [0, 0.05) is 5.92 Å². The summed E-state index contributed by atoms with van der Waals surface area (Å²) in [5.74, 6) is 1.46. The molecule has 0 saturated heterocycles. The van der Waals surface area contributed by atoms with Gasteiger partial charge in [0.2, 0.25) is 5.13 Å². The summed E-state index contributed by atoms with van der Waals surface area (Å²) < 4.78 is 17.0. The molecule has 35 heavy (non-hydrogen) atoms. The van der Waals surface area contributed by atoms with Gasteiger partial charge in [0.05, 0.1) is 7.11 Å². The van der Waals surface area contributed by atoms with Crippen molar-refractivity contribution in [3.63, 3.8) is 0 Å². The second-order valence-corrected chi connectivity index (χ2v) is 9.09. The summed E-state index contributed by atoms with van der Waals surface area (Å²) in [6, 6.07) is 13.1. The second-order valence-electron chi connectivity index (χ2n) is 8.08. The monoisotopic (exact) mass is 492 g/mol. The van der Waals surface area contributed by atoms with Gasteiger partial charge < -0.3 is 14.2 Å². The molecule has 0 bridgehead atoms. The van der Waals surface area contributed by atoms with Crippen LogP contribution >= 0.6 is 11.3 Å². The lowest BCUT2D eigenvalue weighted by Gasteiger charge is -2.13. The molecule has 0 saturated carbocycles. The highest BCUT2D eigenvalue weighted by Crippen LogP contribution is 2.29. The van der Waals surface area contributed by atoms with E-state index in [0.717, 1.165) is 10.8 Å². The van der Waals surface area contributed by atoms with E-state index >= 15 is 0 Å². The Morgan fingerprint density at radius 3 is 2.51 bits per heavy atom. The zero-order valence-electron chi connectivity index (χ0n) is 20.4. The number of nitriles is 1. The molecule has 1 heterocycles. The fourth-order valence-corrected chi connectivity index (χ4v) is 3.75. The van der Waals surface area contributed by atoms with Gasteiger partial charge in [-0.15, -0.1) is 10.2 Å². The normalized spacial score (nSPS) is 11.2. The minimum Gasteiger partial charge on any atom is -0.493 e. The summed E-state index contributed by atoms with van der Waals surface area (Å²) in [6.45, 7) is 8.78. The number of carbonyl (C=O) groups is 1. The quantitative estimate of drug-likeness (QED) is 0.233. The number of hydrogen-bond acceptors (Lipinski definition) is 8. The van der Waals surface area contributed by atoms with Gasteiger partial charge >= 0.3 is 0 Å². The molecule has 8 nitrogen and oxygen atoms in total. The van der Waals surface area contributed by atoms with Crippen LogP contribution in [0.3, 0.4) is 0 Å². The summed E-state index contributed by atoms with van der Waals surface area (Å²) in [5, 5.41) is 21.3. The van der Waals surface area contributed by atoms with Gasteiger partial charge in [-0.25, -0.2) is 0 Å². The fourth-order valence-electron chi connectivity index (χ4n) is 3.01. The Morgan fingerprint density at radius 2 is 1.86 bits per heavy atom. The van der Waals surface area contributed by atoms with Gasteiger partial charge in [0.1, 0.15) is 35.6 Å². The number of carbonyl (C=O) groups excluding carboxylic acids is 1. The van der Waals surface area contributed by atoms with Gasteiger partial charge in [-0.3, -0.25) is 10.1 Å². The molecule has 0 spiro atoms. The minimum absolute atomic E-state index is 0.0659. The molecule has 0 aliphatic heterocycles. The highest BCUT2D eigenvalue weighted by atomic mass is 32.1. The molecule has 1 amide bonds. The van der Waals surface area contributed by atoms with E-state index in [1.807, 2.05) is 45.0 Å². The highest BCUT2D eigenvalue weighted by molar-refractivity contribution is 7.15. The number of benzene rings is 2. The summed E-state index contributed by atoms with van der Waals surface area (Å²) in [4.78, 5) is 12.5. The first-order valence-electron chi connectivity index (χ1n) is 11.1. The first-order valence-corrected chi connectivity index (χ1v) is 11.9. The number of anilines is 1. The number of rotatable bonds is 10. The predicted molar refractivity (Wildman–Crippen MR) is 136 cm³/mol. The molecule has 182 valence electrons. The molecule has 0 fully saturated rings. The number of methoxy groups -OCH3 is 1. The van der Waals surface area contributed by atoms with E-state index in [-0.39, 0.29) is 11.5 Å². The Kier molecular flexibility index (Phi) is 8.81. The van der Waals surface area contributed by atoms with E-state index in [0.29, 0.717) is 35.4 Å². The summed E-state index contributed by atoms with van der Waals surface area (Å²) >= 11 is 1.28. The van der Waals surface area contributed by atoms with Gasteiger partial charge in [0.15, 0.2) is 11.5 Å². The van der Waals surface area contributed by atoms with Crippen molar-refractivity contribution < 1.29 is 19.0 Å². The fraction of sp³-hybridized carbons (Fsp3) is 0.308. The Hall–Kier alpha value is -3.90. The van der Waals surface area contributed by atoms with E-state index in [1.54, 1.807) is 18.2 Å². The number of amides is 1. The molecular formula is C26H28N4O4S. The number of aryl methyl sites for hydroxylation is 2. The van der Waals surface area contributed by atoms with Crippen LogP contribution in [0.1, 0.15) is 41.5 Å². The molecule has 0 radical (unpaired) electrons. The van der Waals surface area contributed by atoms with Crippen molar-refractivity contribution in [2.45, 2.75) is 33.6 Å². The zero-order valence-corrected chi connectivity index (χ0v) is 21.2. The summed E-state index contributed by atoms with van der Waals surface area (Å²) in [6.07, 6.45) is 1.48. The van der Waals surface area contributed by atoms with E-state index in [1.165, 1.54) is 35.6 Å². The van der Waals surface area contributed by atoms with Crippen molar-refractivity contribution in [1.29, 1.82) is 5.26 Å². The second kappa shape index (κ2) is 12.0. The van der Waals surface area contributed by atoms with Crippen molar-refractivity contribution in [3.05, 3.63) is 63.7 Å². The van der Waals surface area contributed by atoms with Crippen molar-refractivity contribution in [2.24, 2.45) is 0 Å². The van der Waals surface area contributed by atoms with E-state index in [4.69, 9.17) is 14.2 Å². The molecule has 3 rings (SSSR count). The van der Waals surface area contributed by atoms with E-state index in [9.17, 15) is 10.1 Å². The maximum atomic E-state index is 12.5. The van der Waals surface area contributed by atoms with E-state index in [2.05, 4.69) is 22.4 Å². The van der Waals surface area contributed by atoms with E-state index < -0.39 is 5.91 Å². The Bertz CT molecular complexity index is 1260. The minimum atomic E-state index is -0.554. The van der Waals surface area contributed by atoms with Crippen LogP contribution in [0.4, 0.5) is 5.13 Å². The third-order valence-corrected chi connectivity index (χ3v) is 6.25. The van der Waals surface area contributed by atoms with Crippen LogP contribution in [0.5, 0.6) is 17.2 Å². The SMILES string of the molecule is COc1cc(/C=C(/C#N)C(=O)Nc2nnc(C(C)C)s2)ccc1OCCOc1ccc(C)c(C)c1. The highest BCUT2D eigenvalue weighted by Gasteiger charge is 2.15. The van der Waals surface area contributed by atoms with Crippen molar-refractivity contribution in [3.8, 4) is 23.3 Å². The third kappa shape index (κ3) is 7.04. The lowest BCUT2D eigenvalue weighted by molar-refractivity contribution is -0.112. The van der Waals surface area contributed by atoms with Crippen molar-refractivity contribution in [2.75, 3.05) is 25.6 Å². The van der Waals surface area contributed by atoms with Crippen molar-refractivity contribution in [1.82, 2.24) is 10.2 Å². The maximum absolute atomic E-state index is 12.5. The van der Waals surface area contributed by atoms with Crippen LogP contribution in [-0.2, 0) is 4.79 Å². The van der Waals surface area contributed by atoms with Crippen LogP contribution in [-0.4, -0.2) is 36.4 Å². The molecule has 0 atom stereocenters. The number of ether oxygens (including phenoxy) is 3. The van der Waals surface area contributed by atoms with Crippen LogP contribution in [0.2, 0.25) is 0 Å². The molecule has 0 aliphatic carbocycles. The third-order valence-electron chi connectivity index (χ3n) is 5.11. The van der Waals surface area contributed by atoms with Crippen LogP contribution in [0.25, 0.3) is 6.08 Å². The number of nitrogens with one attached hydrogen (secondary N) is 1. The zero-order chi connectivity index (χ0) is 25.4. The number of nitrogens with zero attached hydrogens (tertiary/aromatic N) is 3. The number of hydrogen-bond donors (Lipinski definition) is 1. The predicted octanol–water partition coefficient (Wildman–Crippen LogP) is 5.29. The van der Waals surface area contributed by atoms with Gasteiger partial charge in [-0.2, -0.15) is 5.26 Å². The van der Waals surface area contributed by atoms with Gasteiger partial charge in [-0.1, -0.05) is 37.3 Å². The maximum Gasteiger partial charge on any atom is 0.268 e. The average molecular weight is 493 g/mol. The lowest BCUT2D eigenvalue weighted by Crippen LogP contribution is -2.13. The molecular weight excluding hydrogens is 464 g/mol. The van der Waals surface area contributed by atoms with Crippen LogP contribution < -0.4 is 19.5 Å². The number of aromatic nitrogens is 2. The Labute approximate surface area is 209 Å². The van der Waals surface area contributed by atoms with Gasteiger partial charge in [0.25, 0.3) is 5.91 Å². The largest absolute Gasteiger partial charge is 0.493 e. The van der Waals surface area contributed by atoms with Crippen LogP contribution in [0, 0.1) is 25.2 Å². The van der Waals surface area contributed by atoms with Gasteiger partial charge in [-0.05, 0) is 60.9 Å². The molecule has 2 aromatic carbocycles. The first kappa shape index (κ1) is 25.7. The Balaban J connectivity index is 1.62. The molecule has 9 heteroatoms. The molecule has 1 N–H and O–H groups in total. The molecule has 1 aromatic heterocycles. The molecule has 0 unspecified atom stereocenters. The first-order chi connectivity index (χ1) is 16.8. The smallest absolute Gasteiger partial charge is 0.268 e. The molecule has 0 aliphatic rings. The topological polar surface area (TPSA) is 106 Å². The summed E-state index contributed by atoms with van der Waals surface area (Å²) in [5.41, 5.74) is 2.93. The Morgan fingerprint density at radius 1 is 1.09 bits per heavy atom.